The lowest BCUT2D eigenvalue weighted by molar-refractivity contribution is 0.0944. The lowest BCUT2D eigenvalue weighted by Crippen LogP contribution is -2.24. The number of halogens is 1. The molecule has 2 aromatic carbocycles. The first kappa shape index (κ1) is 19.6. The molecule has 0 spiro atoms. The number of rotatable bonds is 5. The number of benzene rings is 2. The Hall–Kier alpha value is -3.68. The van der Waals surface area contributed by atoms with E-state index in [1.54, 1.807) is 47.1 Å². The number of fused-ring (bicyclic) bond motifs is 1. The summed E-state index contributed by atoms with van der Waals surface area (Å²) in [6, 6.07) is 13.5. The van der Waals surface area contributed by atoms with Gasteiger partial charge in [0.05, 0.1) is 7.11 Å². The van der Waals surface area contributed by atoms with Gasteiger partial charge in [0.25, 0.3) is 5.91 Å². The Bertz CT molecular complexity index is 1090. The molecule has 1 heterocycles. The van der Waals surface area contributed by atoms with Crippen LogP contribution in [0.4, 0.5) is 14.9 Å². The van der Waals surface area contributed by atoms with Crippen LogP contribution in [0.3, 0.4) is 0 Å². The van der Waals surface area contributed by atoms with Crippen LogP contribution in [-0.4, -0.2) is 28.9 Å². The second-order valence-corrected chi connectivity index (χ2v) is 6.99. The summed E-state index contributed by atoms with van der Waals surface area (Å²) in [7, 11) is 1.30. The van der Waals surface area contributed by atoms with Crippen molar-refractivity contribution in [2.45, 2.75) is 25.8 Å². The molecule has 1 aliphatic rings. The zero-order valence-corrected chi connectivity index (χ0v) is 16.4. The molecule has 0 unspecified atom stereocenters. The lowest BCUT2D eigenvalue weighted by atomic mass is 10.1. The van der Waals surface area contributed by atoms with Crippen molar-refractivity contribution in [3.05, 3.63) is 76.9 Å². The number of ether oxygens (including phenoxy) is 1. The van der Waals surface area contributed by atoms with Gasteiger partial charge in [-0.1, -0.05) is 24.3 Å². The minimum absolute atomic E-state index is 0.292. The molecular weight excluding hydrogens is 387 g/mol. The first-order valence-electron chi connectivity index (χ1n) is 9.64. The van der Waals surface area contributed by atoms with Gasteiger partial charge in [0, 0.05) is 23.5 Å². The maximum Gasteiger partial charge on any atom is 0.411 e. The summed E-state index contributed by atoms with van der Waals surface area (Å²) in [4.78, 5) is 24.0. The van der Waals surface area contributed by atoms with Crippen LogP contribution in [0.2, 0.25) is 0 Å². The smallest absolute Gasteiger partial charge is 0.411 e. The number of methoxy groups -OCH3 is 1. The number of nitrogens with one attached hydrogen (secondary N) is 2. The van der Waals surface area contributed by atoms with Crippen LogP contribution in [0.1, 0.15) is 33.7 Å². The summed E-state index contributed by atoms with van der Waals surface area (Å²) >= 11 is 0. The molecular formula is C22H21FN4O3. The van der Waals surface area contributed by atoms with E-state index in [-0.39, 0.29) is 11.7 Å². The minimum atomic E-state index is -0.546. The fourth-order valence-electron chi connectivity index (χ4n) is 3.58. The summed E-state index contributed by atoms with van der Waals surface area (Å²) in [5, 5.41) is 9.88. The van der Waals surface area contributed by atoms with Crippen LogP contribution in [0.15, 0.2) is 48.5 Å². The van der Waals surface area contributed by atoms with Gasteiger partial charge in [0.2, 0.25) is 0 Å². The van der Waals surface area contributed by atoms with E-state index in [1.807, 2.05) is 0 Å². The Kier molecular flexibility index (Phi) is 5.47. The second-order valence-electron chi connectivity index (χ2n) is 6.99. The van der Waals surface area contributed by atoms with Crippen molar-refractivity contribution in [1.29, 1.82) is 0 Å². The molecule has 0 bridgehead atoms. The van der Waals surface area contributed by atoms with Crippen LogP contribution in [0.5, 0.6) is 0 Å². The molecule has 4 rings (SSSR count). The second kappa shape index (κ2) is 8.36. The quantitative estimate of drug-likeness (QED) is 0.675. The fraction of sp³-hybridized carbons (Fsp3) is 0.227. The van der Waals surface area contributed by atoms with Crippen molar-refractivity contribution >= 4 is 17.7 Å². The third-order valence-corrected chi connectivity index (χ3v) is 5.06. The molecule has 154 valence electrons. The highest BCUT2D eigenvalue weighted by Gasteiger charge is 2.27. The number of nitrogens with zero attached hydrogens (tertiary/aromatic N) is 2. The molecule has 0 atom stereocenters. The molecule has 8 heteroatoms. The van der Waals surface area contributed by atoms with E-state index in [0.717, 1.165) is 36.1 Å². The largest absolute Gasteiger partial charge is 0.453 e. The highest BCUT2D eigenvalue weighted by molar-refractivity contribution is 5.94. The van der Waals surface area contributed by atoms with Crippen molar-refractivity contribution in [3.63, 3.8) is 0 Å². The van der Waals surface area contributed by atoms with Gasteiger partial charge >= 0.3 is 6.09 Å². The number of aromatic nitrogens is 2. The van der Waals surface area contributed by atoms with E-state index in [1.165, 1.54) is 13.2 Å². The molecule has 30 heavy (non-hydrogen) atoms. The number of para-hydroxylation sites is 1. The van der Waals surface area contributed by atoms with Gasteiger partial charge in [0.1, 0.15) is 11.5 Å². The van der Waals surface area contributed by atoms with Crippen molar-refractivity contribution in [2.24, 2.45) is 0 Å². The zero-order chi connectivity index (χ0) is 21.1. The normalized spacial score (nSPS) is 12.3. The van der Waals surface area contributed by atoms with Crippen LogP contribution in [0.25, 0.3) is 5.69 Å². The monoisotopic (exact) mass is 408 g/mol. The van der Waals surface area contributed by atoms with Gasteiger partial charge in [0.15, 0.2) is 5.69 Å². The molecule has 0 saturated carbocycles. The predicted molar refractivity (Wildman–Crippen MR) is 109 cm³/mol. The van der Waals surface area contributed by atoms with Gasteiger partial charge in [-0.05, 0) is 49.1 Å². The number of amides is 2. The zero-order valence-electron chi connectivity index (χ0n) is 16.4. The summed E-state index contributed by atoms with van der Waals surface area (Å²) in [6.45, 7) is 0.304. The molecule has 0 fully saturated rings. The van der Waals surface area contributed by atoms with Gasteiger partial charge in [-0.2, -0.15) is 5.10 Å². The highest BCUT2D eigenvalue weighted by Crippen LogP contribution is 2.28. The topological polar surface area (TPSA) is 85.2 Å². The minimum Gasteiger partial charge on any atom is -0.453 e. The van der Waals surface area contributed by atoms with Crippen molar-refractivity contribution in [1.82, 2.24) is 15.1 Å². The van der Waals surface area contributed by atoms with E-state index in [0.29, 0.717) is 23.6 Å². The summed E-state index contributed by atoms with van der Waals surface area (Å²) < 4.78 is 20.4. The number of carbonyl (C=O) groups is 2. The average molecular weight is 408 g/mol. The van der Waals surface area contributed by atoms with Crippen LogP contribution >= 0.6 is 0 Å². The van der Waals surface area contributed by atoms with Crippen LogP contribution in [0, 0.1) is 5.82 Å². The number of anilines is 1. The fourth-order valence-corrected chi connectivity index (χ4v) is 3.58. The van der Waals surface area contributed by atoms with Gasteiger partial charge in [-0.25, -0.2) is 13.9 Å². The van der Waals surface area contributed by atoms with E-state index < -0.39 is 6.09 Å². The molecule has 1 aliphatic carbocycles. The van der Waals surface area contributed by atoms with Gasteiger partial charge < -0.3 is 10.1 Å². The molecule has 3 aromatic rings. The number of hydrogen-bond acceptors (Lipinski definition) is 4. The maximum absolute atomic E-state index is 14.3. The maximum atomic E-state index is 14.3. The Morgan fingerprint density at radius 3 is 2.63 bits per heavy atom. The molecule has 7 nitrogen and oxygen atoms in total. The van der Waals surface area contributed by atoms with Crippen LogP contribution < -0.4 is 10.6 Å². The Morgan fingerprint density at radius 1 is 1.13 bits per heavy atom. The summed E-state index contributed by atoms with van der Waals surface area (Å²) in [5.74, 6) is -0.665. The summed E-state index contributed by atoms with van der Waals surface area (Å²) in [5.41, 5.74) is 3.93. The first-order chi connectivity index (χ1) is 14.6. The molecule has 0 saturated heterocycles. The van der Waals surface area contributed by atoms with Crippen molar-refractivity contribution in [3.8, 4) is 5.69 Å². The van der Waals surface area contributed by atoms with E-state index >= 15 is 0 Å². The van der Waals surface area contributed by atoms with E-state index in [9.17, 15) is 14.0 Å². The van der Waals surface area contributed by atoms with Gasteiger partial charge in [-0.15, -0.1) is 0 Å². The third-order valence-electron chi connectivity index (χ3n) is 5.06. The third kappa shape index (κ3) is 3.89. The highest BCUT2D eigenvalue weighted by atomic mass is 19.1. The van der Waals surface area contributed by atoms with E-state index in [2.05, 4.69) is 20.5 Å². The van der Waals surface area contributed by atoms with Gasteiger partial charge in [-0.3, -0.25) is 10.1 Å². The first-order valence-corrected chi connectivity index (χ1v) is 9.64. The van der Waals surface area contributed by atoms with Crippen molar-refractivity contribution < 1.29 is 18.7 Å². The number of hydrogen-bond donors (Lipinski definition) is 2. The molecule has 0 radical (unpaired) electrons. The SMILES string of the molecule is COC(=O)Nc1ccc(CNC(=O)c2nn(-c3ccccc3F)c3c2CCC3)cc1. The Labute approximate surface area is 172 Å². The van der Waals surface area contributed by atoms with Crippen LogP contribution in [-0.2, 0) is 24.1 Å². The average Bonchev–Trinajstić information content (AvgIpc) is 3.36. The Morgan fingerprint density at radius 2 is 1.90 bits per heavy atom. The van der Waals surface area contributed by atoms with E-state index in [4.69, 9.17) is 0 Å². The standard InChI is InChI=1S/C22H21FN4O3/c1-30-22(29)25-15-11-9-14(10-12-15)13-24-21(28)20-16-5-4-8-18(16)27(26-20)19-7-3-2-6-17(19)23/h2-3,6-7,9-12H,4-5,8,13H2,1H3,(H,24,28)(H,25,29). The molecule has 2 N–H and O–H groups in total. The lowest BCUT2D eigenvalue weighted by Gasteiger charge is -2.07. The number of carbonyl (C=O) groups excluding carboxylic acids is 2. The molecule has 2 amide bonds. The Balaban J connectivity index is 1.49. The van der Waals surface area contributed by atoms with Crippen molar-refractivity contribution in [2.75, 3.05) is 12.4 Å². The molecule has 0 aliphatic heterocycles. The summed E-state index contributed by atoms with van der Waals surface area (Å²) in [6.07, 6.45) is 1.88. The molecule has 1 aromatic heterocycles. The predicted octanol–water partition coefficient (Wildman–Crippen LogP) is 3.61.